The number of H-pyrrole nitrogens is 2. The van der Waals surface area contributed by atoms with Crippen LogP contribution in [-0.2, 0) is 6.42 Å². The summed E-state index contributed by atoms with van der Waals surface area (Å²) in [5.74, 6) is 1.48. The SMILES string of the molecule is COc1ccc(-c2[nH]n(-c3ccc(OC)cc3)c(=O)c2C(C)=NCCc2c[nH]c3ccccc23)cc1. The van der Waals surface area contributed by atoms with Gasteiger partial charge in [-0.05, 0) is 73.5 Å². The fourth-order valence-electron chi connectivity index (χ4n) is 4.41. The molecule has 7 nitrogen and oxygen atoms in total. The van der Waals surface area contributed by atoms with E-state index in [0.717, 1.165) is 29.0 Å². The molecule has 0 spiro atoms. The van der Waals surface area contributed by atoms with Gasteiger partial charge >= 0.3 is 0 Å². The molecule has 0 unspecified atom stereocenters. The fraction of sp³-hybridized carbons (Fsp3) is 0.172. The summed E-state index contributed by atoms with van der Waals surface area (Å²) in [4.78, 5) is 21.8. The Morgan fingerprint density at radius 1 is 0.917 bits per heavy atom. The number of aromatic nitrogens is 3. The molecule has 0 aliphatic rings. The second-order valence-corrected chi connectivity index (χ2v) is 8.51. The highest BCUT2D eigenvalue weighted by Gasteiger charge is 2.19. The van der Waals surface area contributed by atoms with Crippen LogP contribution in [0.25, 0.3) is 27.8 Å². The van der Waals surface area contributed by atoms with Crippen LogP contribution in [0.2, 0.25) is 0 Å². The molecule has 0 atom stereocenters. The largest absolute Gasteiger partial charge is 0.497 e. The van der Waals surface area contributed by atoms with E-state index in [4.69, 9.17) is 14.5 Å². The number of aliphatic imine (C=N–C) groups is 1. The molecule has 2 N–H and O–H groups in total. The van der Waals surface area contributed by atoms with Gasteiger partial charge in [-0.25, -0.2) is 4.68 Å². The first-order valence-electron chi connectivity index (χ1n) is 11.8. The van der Waals surface area contributed by atoms with Crippen molar-refractivity contribution in [3.8, 4) is 28.4 Å². The summed E-state index contributed by atoms with van der Waals surface area (Å²) < 4.78 is 12.1. The van der Waals surface area contributed by atoms with Crippen molar-refractivity contribution >= 4 is 16.6 Å². The first-order valence-corrected chi connectivity index (χ1v) is 11.8. The highest BCUT2D eigenvalue weighted by Crippen LogP contribution is 2.25. The van der Waals surface area contributed by atoms with Gasteiger partial charge in [-0.2, -0.15) is 0 Å². The summed E-state index contributed by atoms with van der Waals surface area (Å²) in [5.41, 5.74) is 5.72. The Bertz CT molecular complexity index is 1570. The molecule has 0 fully saturated rings. The van der Waals surface area contributed by atoms with Crippen LogP contribution in [0.4, 0.5) is 0 Å². The molecular formula is C29H28N4O3. The molecular weight excluding hydrogens is 452 g/mol. The highest BCUT2D eigenvalue weighted by molar-refractivity contribution is 6.03. The average molecular weight is 481 g/mol. The van der Waals surface area contributed by atoms with Gasteiger partial charge in [-0.15, -0.1) is 0 Å². The molecule has 5 rings (SSSR count). The summed E-state index contributed by atoms with van der Waals surface area (Å²) in [5, 5.41) is 4.51. The number of para-hydroxylation sites is 1. The quantitative estimate of drug-likeness (QED) is 0.292. The van der Waals surface area contributed by atoms with Crippen LogP contribution in [0.1, 0.15) is 18.1 Å². The Kier molecular flexibility index (Phi) is 6.45. The Morgan fingerprint density at radius 2 is 1.58 bits per heavy atom. The Labute approximate surface area is 209 Å². The maximum atomic E-state index is 13.6. The lowest BCUT2D eigenvalue weighted by Gasteiger charge is -2.05. The Morgan fingerprint density at radius 3 is 2.28 bits per heavy atom. The molecule has 182 valence electrons. The molecule has 0 bridgehead atoms. The summed E-state index contributed by atoms with van der Waals surface area (Å²) in [6.45, 7) is 2.47. The third-order valence-corrected chi connectivity index (χ3v) is 6.37. The number of nitrogens with one attached hydrogen (secondary N) is 2. The smallest absolute Gasteiger partial charge is 0.280 e. The number of methoxy groups -OCH3 is 2. The standard InChI is InChI=1S/C29H28N4O3/c1-19(30-17-16-21-18-31-26-7-5-4-6-25(21)26)27-28(20-8-12-23(35-2)13-9-20)32-33(29(27)34)22-10-14-24(36-3)15-11-22/h4-15,18,31-32H,16-17H2,1-3H3. The van der Waals surface area contributed by atoms with Gasteiger partial charge in [-0.3, -0.25) is 14.9 Å². The molecule has 2 heterocycles. The predicted molar refractivity (Wildman–Crippen MR) is 144 cm³/mol. The van der Waals surface area contributed by atoms with Crippen molar-refractivity contribution in [2.24, 2.45) is 4.99 Å². The molecule has 0 radical (unpaired) electrons. The number of fused-ring (bicyclic) bond motifs is 1. The zero-order chi connectivity index (χ0) is 25.1. The van der Waals surface area contributed by atoms with E-state index in [2.05, 4.69) is 22.2 Å². The molecule has 2 aromatic heterocycles. The van der Waals surface area contributed by atoms with Crippen molar-refractivity contribution in [3.05, 3.63) is 100 Å². The fourth-order valence-corrected chi connectivity index (χ4v) is 4.41. The monoisotopic (exact) mass is 480 g/mol. The van der Waals surface area contributed by atoms with Gasteiger partial charge in [0.2, 0.25) is 0 Å². The van der Waals surface area contributed by atoms with Crippen molar-refractivity contribution in [2.75, 3.05) is 20.8 Å². The normalized spacial score (nSPS) is 11.7. The number of hydrogen-bond acceptors (Lipinski definition) is 4. The van der Waals surface area contributed by atoms with E-state index in [9.17, 15) is 4.79 Å². The van der Waals surface area contributed by atoms with Gasteiger partial charge in [0.25, 0.3) is 5.56 Å². The maximum Gasteiger partial charge on any atom is 0.280 e. The van der Waals surface area contributed by atoms with Crippen LogP contribution >= 0.6 is 0 Å². The van der Waals surface area contributed by atoms with Crippen molar-refractivity contribution in [3.63, 3.8) is 0 Å². The van der Waals surface area contributed by atoms with E-state index in [0.29, 0.717) is 29.2 Å². The molecule has 3 aromatic carbocycles. The number of aromatic amines is 2. The number of rotatable bonds is 8. The number of hydrogen-bond donors (Lipinski definition) is 2. The van der Waals surface area contributed by atoms with Gasteiger partial charge < -0.3 is 14.5 Å². The summed E-state index contributed by atoms with van der Waals surface area (Å²) in [6.07, 6.45) is 2.81. The van der Waals surface area contributed by atoms with Crippen molar-refractivity contribution in [1.29, 1.82) is 0 Å². The molecule has 0 saturated heterocycles. The molecule has 36 heavy (non-hydrogen) atoms. The van der Waals surface area contributed by atoms with Crippen LogP contribution < -0.4 is 15.0 Å². The van der Waals surface area contributed by atoms with Crippen LogP contribution in [0.15, 0.2) is 88.8 Å². The minimum Gasteiger partial charge on any atom is -0.497 e. The lowest BCUT2D eigenvalue weighted by atomic mass is 10.0. The van der Waals surface area contributed by atoms with Gasteiger partial charge in [0.05, 0.1) is 31.2 Å². The first-order chi connectivity index (χ1) is 17.6. The topological polar surface area (TPSA) is 84.4 Å². The predicted octanol–water partition coefficient (Wildman–Crippen LogP) is 5.38. The third-order valence-electron chi connectivity index (χ3n) is 6.37. The first kappa shape index (κ1) is 23.2. The van der Waals surface area contributed by atoms with E-state index in [1.165, 1.54) is 10.9 Å². The van der Waals surface area contributed by atoms with Crippen molar-refractivity contribution in [2.45, 2.75) is 13.3 Å². The molecule has 0 aliphatic carbocycles. The van der Waals surface area contributed by atoms with Crippen LogP contribution in [0, 0.1) is 0 Å². The summed E-state index contributed by atoms with van der Waals surface area (Å²) in [6, 6.07) is 23.2. The minimum atomic E-state index is -0.153. The number of nitrogens with zero attached hydrogens (tertiary/aromatic N) is 2. The van der Waals surface area contributed by atoms with Crippen LogP contribution in [-0.4, -0.2) is 41.2 Å². The van der Waals surface area contributed by atoms with E-state index < -0.39 is 0 Å². The number of ether oxygens (including phenoxy) is 2. The zero-order valence-electron chi connectivity index (χ0n) is 20.5. The van der Waals surface area contributed by atoms with Crippen LogP contribution in [0.3, 0.4) is 0 Å². The lowest BCUT2D eigenvalue weighted by Crippen LogP contribution is -2.19. The summed E-state index contributed by atoms with van der Waals surface area (Å²) >= 11 is 0. The second-order valence-electron chi connectivity index (χ2n) is 8.51. The van der Waals surface area contributed by atoms with E-state index in [1.54, 1.807) is 18.9 Å². The van der Waals surface area contributed by atoms with Gasteiger partial charge in [0.15, 0.2) is 0 Å². The molecule has 7 heteroatoms. The third kappa shape index (κ3) is 4.43. The van der Waals surface area contributed by atoms with Crippen molar-refractivity contribution < 1.29 is 9.47 Å². The minimum absolute atomic E-state index is 0.153. The van der Waals surface area contributed by atoms with Gasteiger partial charge in [-0.1, -0.05) is 18.2 Å². The van der Waals surface area contributed by atoms with E-state index >= 15 is 0 Å². The average Bonchev–Trinajstić information content (AvgIpc) is 3.49. The lowest BCUT2D eigenvalue weighted by molar-refractivity contribution is 0.414. The summed E-state index contributed by atoms with van der Waals surface area (Å²) in [7, 11) is 3.25. The maximum absolute atomic E-state index is 13.6. The highest BCUT2D eigenvalue weighted by atomic mass is 16.5. The van der Waals surface area contributed by atoms with Gasteiger partial charge in [0.1, 0.15) is 11.5 Å². The molecule has 0 amide bonds. The second kappa shape index (κ2) is 10.00. The molecule has 5 aromatic rings. The molecule has 0 aliphatic heterocycles. The zero-order valence-corrected chi connectivity index (χ0v) is 20.5. The van der Waals surface area contributed by atoms with Crippen molar-refractivity contribution in [1.82, 2.24) is 14.8 Å². The Hall–Kier alpha value is -4.52. The van der Waals surface area contributed by atoms with Crippen LogP contribution in [0.5, 0.6) is 11.5 Å². The van der Waals surface area contributed by atoms with E-state index in [1.807, 2.05) is 73.8 Å². The van der Waals surface area contributed by atoms with Gasteiger partial charge in [0, 0.05) is 34.9 Å². The molecule has 0 saturated carbocycles. The Balaban J connectivity index is 1.51. The number of benzene rings is 3. The van der Waals surface area contributed by atoms with E-state index in [-0.39, 0.29) is 5.56 Å².